The Kier molecular flexibility index (Phi) is 4.26. The van der Waals surface area contributed by atoms with Crippen LogP contribution in [0.3, 0.4) is 0 Å². The molecular formula is C22H26N2O. The second-order valence-electron chi connectivity index (χ2n) is 7.03. The summed E-state index contributed by atoms with van der Waals surface area (Å²) in [5.74, 6) is 1.04. The molecule has 0 amide bonds. The van der Waals surface area contributed by atoms with Crippen LogP contribution in [0.5, 0.6) is 5.75 Å². The molecule has 1 aliphatic heterocycles. The van der Waals surface area contributed by atoms with Gasteiger partial charge in [-0.3, -0.25) is 4.90 Å². The molecule has 0 saturated carbocycles. The monoisotopic (exact) mass is 334 g/mol. The van der Waals surface area contributed by atoms with E-state index in [9.17, 15) is 0 Å². The van der Waals surface area contributed by atoms with Crippen LogP contribution in [0.25, 0.3) is 10.9 Å². The number of hydrogen-bond donors (Lipinski definition) is 1. The number of rotatable bonds is 4. The molecule has 2 heterocycles. The average Bonchev–Trinajstić information content (AvgIpc) is 3.06. The number of aryl methyl sites for hydroxylation is 1. The van der Waals surface area contributed by atoms with Gasteiger partial charge in [0, 0.05) is 29.7 Å². The van der Waals surface area contributed by atoms with E-state index in [0.717, 1.165) is 31.6 Å². The summed E-state index contributed by atoms with van der Waals surface area (Å²) in [4.78, 5) is 5.91. The normalized spacial score (nSPS) is 17.6. The van der Waals surface area contributed by atoms with Crippen LogP contribution in [0.4, 0.5) is 0 Å². The summed E-state index contributed by atoms with van der Waals surface area (Å²) in [5, 5.41) is 1.34. The first-order chi connectivity index (χ1) is 12.2. The van der Waals surface area contributed by atoms with E-state index in [1.807, 2.05) is 0 Å². The van der Waals surface area contributed by atoms with Crippen molar-refractivity contribution in [1.82, 2.24) is 9.88 Å². The second kappa shape index (κ2) is 6.57. The number of methoxy groups -OCH3 is 1. The van der Waals surface area contributed by atoms with E-state index >= 15 is 0 Å². The van der Waals surface area contributed by atoms with Gasteiger partial charge in [-0.05, 0) is 60.7 Å². The van der Waals surface area contributed by atoms with Crippen molar-refractivity contribution in [1.29, 1.82) is 0 Å². The largest absolute Gasteiger partial charge is 0.496 e. The van der Waals surface area contributed by atoms with Gasteiger partial charge in [0.1, 0.15) is 5.75 Å². The van der Waals surface area contributed by atoms with E-state index in [2.05, 4.69) is 66.5 Å². The molecule has 3 nitrogen and oxygen atoms in total. The molecule has 2 aromatic carbocycles. The summed E-state index contributed by atoms with van der Waals surface area (Å²) in [6, 6.07) is 13.6. The minimum Gasteiger partial charge on any atom is -0.496 e. The van der Waals surface area contributed by atoms with Gasteiger partial charge in [-0.1, -0.05) is 31.2 Å². The van der Waals surface area contributed by atoms with E-state index in [-0.39, 0.29) is 0 Å². The molecule has 3 aromatic rings. The van der Waals surface area contributed by atoms with Crippen molar-refractivity contribution >= 4 is 10.9 Å². The van der Waals surface area contributed by atoms with Gasteiger partial charge >= 0.3 is 0 Å². The quantitative estimate of drug-likeness (QED) is 0.760. The van der Waals surface area contributed by atoms with Crippen LogP contribution in [0, 0.1) is 0 Å². The average molecular weight is 334 g/mol. The minimum atomic E-state index is 0.416. The Hall–Kier alpha value is -2.26. The number of ether oxygens (including phenoxy) is 1. The molecule has 0 spiro atoms. The summed E-state index contributed by atoms with van der Waals surface area (Å²) in [6.07, 6.45) is 5.30. The van der Waals surface area contributed by atoms with Crippen molar-refractivity contribution < 1.29 is 4.74 Å². The third-order valence-corrected chi connectivity index (χ3v) is 5.64. The predicted octanol–water partition coefficient (Wildman–Crippen LogP) is 4.51. The molecule has 130 valence electrons. The van der Waals surface area contributed by atoms with E-state index in [0.29, 0.717) is 6.04 Å². The van der Waals surface area contributed by atoms with Crippen LogP contribution < -0.4 is 4.74 Å². The number of aromatic amines is 1. The first-order valence-electron chi connectivity index (χ1n) is 9.16. The topological polar surface area (TPSA) is 28.3 Å². The van der Waals surface area contributed by atoms with Gasteiger partial charge in [0.25, 0.3) is 0 Å². The van der Waals surface area contributed by atoms with Gasteiger partial charge in [-0.25, -0.2) is 0 Å². The van der Waals surface area contributed by atoms with Crippen molar-refractivity contribution in [2.45, 2.75) is 32.2 Å². The molecule has 3 heteroatoms. The molecule has 1 aliphatic rings. The molecule has 25 heavy (non-hydrogen) atoms. The van der Waals surface area contributed by atoms with Gasteiger partial charge in [-0.15, -0.1) is 0 Å². The molecule has 1 N–H and O–H groups in total. The SMILES string of the molecule is CCc1cc2c(cc1OC)CCN(C)C2Cc1c[nH]c2ccccc12. The first-order valence-corrected chi connectivity index (χ1v) is 9.16. The number of hydrogen-bond acceptors (Lipinski definition) is 2. The van der Waals surface area contributed by atoms with Gasteiger partial charge < -0.3 is 9.72 Å². The summed E-state index contributed by atoms with van der Waals surface area (Å²) < 4.78 is 5.61. The summed E-state index contributed by atoms with van der Waals surface area (Å²) in [7, 11) is 4.03. The number of nitrogens with one attached hydrogen (secondary N) is 1. The van der Waals surface area contributed by atoms with Crippen LogP contribution in [-0.2, 0) is 19.3 Å². The van der Waals surface area contributed by atoms with Crippen LogP contribution in [0.1, 0.15) is 35.2 Å². The Morgan fingerprint density at radius 1 is 1.20 bits per heavy atom. The highest BCUT2D eigenvalue weighted by Gasteiger charge is 2.27. The standard InChI is InChI=1S/C22H26N2O/c1-4-15-11-19-16(13-22(15)25-3)9-10-24(2)21(19)12-17-14-23-20-8-6-5-7-18(17)20/h5-8,11,13-14,21,23H,4,9-10,12H2,1-3H3. The molecule has 1 atom stereocenters. The minimum absolute atomic E-state index is 0.416. The second-order valence-corrected chi connectivity index (χ2v) is 7.03. The number of H-pyrrole nitrogens is 1. The number of likely N-dealkylation sites (N-methyl/N-ethyl adjacent to an activating group) is 1. The number of aromatic nitrogens is 1. The van der Waals surface area contributed by atoms with Crippen molar-refractivity contribution in [3.05, 3.63) is 64.8 Å². The maximum atomic E-state index is 5.61. The molecular weight excluding hydrogens is 308 g/mol. The third kappa shape index (κ3) is 2.83. The van der Waals surface area contributed by atoms with Gasteiger partial charge in [0.15, 0.2) is 0 Å². The summed E-state index contributed by atoms with van der Waals surface area (Å²) in [5.41, 5.74) is 6.84. The fraction of sp³-hybridized carbons (Fsp3) is 0.364. The molecule has 0 aliphatic carbocycles. The third-order valence-electron chi connectivity index (χ3n) is 5.64. The van der Waals surface area contributed by atoms with Crippen LogP contribution in [-0.4, -0.2) is 30.6 Å². The fourth-order valence-electron chi connectivity index (χ4n) is 4.14. The molecule has 0 saturated heterocycles. The molecule has 4 rings (SSSR count). The lowest BCUT2D eigenvalue weighted by Crippen LogP contribution is -2.33. The van der Waals surface area contributed by atoms with E-state index in [1.54, 1.807) is 7.11 Å². The van der Waals surface area contributed by atoms with E-state index in [1.165, 1.54) is 33.2 Å². The highest BCUT2D eigenvalue weighted by Crippen LogP contribution is 2.36. The van der Waals surface area contributed by atoms with E-state index in [4.69, 9.17) is 4.74 Å². The van der Waals surface area contributed by atoms with Crippen LogP contribution in [0.15, 0.2) is 42.6 Å². The Bertz CT molecular complexity index is 896. The highest BCUT2D eigenvalue weighted by atomic mass is 16.5. The lowest BCUT2D eigenvalue weighted by atomic mass is 9.87. The van der Waals surface area contributed by atoms with Crippen LogP contribution >= 0.6 is 0 Å². The molecule has 1 unspecified atom stereocenters. The first kappa shape index (κ1) is 16.2. The Labute approximate surface area is 149 Å². The fourth-order valence-corrected chi connectivity index (χ4v) is 4.14. The number of para-hydroxylation sites is 1. The summed E-state index contributed by atoms with van der Waals surface area (Å²) >= 11 is 0. The van der Waals surface area contributed by atoms with Crippen molar-refractivity contribution in [2.24, 2.45) is 0 Å². The maximum Gasteiger partial charge on any atom is 0.122 e. The number of fused-ring (bicyclic) bond motifs is 2. The molecule has 1 aromatic heterocycles. The van der Waals surface area contributed by atoms with Gasteiger partial charge in [0.2, 0.25) is 0 Å². The predicted molar refractivity (Wildman–Crippen MR) is 103 cm³/mol. The zero-order chi connectivity index (χ0) is 17.4. The Balaban J connectivity index is 1.75. The summed E-state index contributed by atoms with van der Waals surface area (Å²) in [6.45, 7) is 3.29. The molecule has 0 bridgehead atoms. The van der Waals surface area contributed by atoms with E-state index < -0.39 is 0 Å². The lowest BCUT2D eigenvalue weighted by Gasteiger charge is -2.35. The smallest absolute Gasteiger partial charge is 0.122 e. The molecule has 0 fully saturated rings. The van der Waals surface area contributed by atoms with Gasteiger partial charge in [0.05, 0.1) is 7.11 Å². The molecule has 0 radical (unpaired) electrons. The van der Waals surface area contributed by atoms with Crippen molar-refractivity contribution in [2.75, 3.05) is 20.7 Å². The Morgan fingerprint density at radius 3 is 2.84 bits per heavy atom. The highest BCUT2D eigenvalue weighted by molar-refractivity contribution is 5.83. The Morgan fingerprint density at radius 2 is 2.04 bits per heavy atom. The zero-order valence-corrected chi connectivity index (χ0v) is 15.3. The number of benzene rings is 2. The lowest BCUT2D eigenvalue weighted by molar-refractivity contribution is 0.229. The van der Waals surface area contributed by atoms with Crippen LogP contribution in [0.2, 0.25) is 0 Å². The zero-order valence-electron chi connectivity index (χ0n) is 15.3. The number of nitrogens with zero attached hydrogens (tertiary/aromatic N) is 1. The van der Waals surface area contributed by atoms with Gasteiger partial charge in [-0.2, -0.15) is 0 Å². The van der Waals surface area contributed by atoms with Crippen molar-refractivity contribution in [3.8, 4) is 5.75 Å². The maximum absolute atomic E-state index is 5.61. The van der Waals surface area contributed by atoms with Crippen molar-refractivity contribution in [3.63, 3.8) is 0 Å².